The summed E-state index contributed by atoms with van der Waals surface area (Å²) in [4.78, 5) is 30.1. The summed E-state index contributed by atoms with van der Waals surface area (Å²) in [5, 5.41) is 112. The van der Waals surface area contributed by atoms with E-state index in [9.17, 15) is 60.7 Å². The van der Waals surface area contributed by atoms with Crippen LogP contribution in [0, 0.1) is 0 Å². The highest BCUT2D eigenvalue weighted by Crippen LogP contribution is 2.43. The second-order valence-corrected chi connectivity index (χ2v) is 19.4. The summed E-state index contributed by atoms with van der Waals surface area (Å²) in [5.74, 6) is -1.24. The Bertz CT molecular complexity index is 2650. The molecule has 0 bridgehead atoms. The van der Waals surface area contributed by atoms with E-state index in [2.05, 4.69) is 5.32 Å². The van der Waals surface area contributed by atoms with Crippen LogP contribution in [0.3, 0.4) is 0 Å². The first kappa shape index (κ1) is 55.4. The van der Waals surface area contributed by atoms with E-state index in [0.29, 0.717) is 33.4 Å². The van der Waals surface area contributed by atoms with Crippen LogP contribution in [0.25, 0.3) is 33.4 Å². The lowest BCUT2D eigenvalue weighted by molar-refractivity contribution is -0.391. The van der Waals surface area contributed by atoms with Crippen molar-refractivity contribution in [1.82, 2.24) is 9.89 Å². The van der Waals surface area contributed by atoms with Crippen molar-refractivity contribution in [3.63, 3.8) is 0 Å². The molecule has 5 heterocycles. The summed E-state index contributed by atoms with van der Waals surface area (Å²) >= 11 is 0. The van der Waals surface area contributed by atoms with E-state index in [1.54, 1.807) is 18.2 Å². The molecule has 2 aromatic carbocycles. The normalized spacial score (nSPS) is 36.6. The maximum Gasteiger partial charge on any atom is 0.341 e. The Morgan fingerprint density at radius 2 is 1.23 bits per heavy atom. The second-order valence-electron chi connectivity index (χ2n) is 19.4. The molecule has 6 aliphatic rings. The van der Waals surface area contributed by atoms with Gasteiger partial charge in [0.25, 0.3) is 0 Å². The lowest BCUT2D eigenvalue weighted by atomic mass is 9.90. The summed E-state index contributed by atoms with van der Waals surface area (Å²) in [6.07, 6.45) is -33.0. The fraction of sp³-hybridized carbons (Fsp3) is 0.580. The zero-order valence-electron chi connectivity index (χ0n) is 41.6. The van der Waals surface area contributed by atoms with Crippen molar-refractivity contribution in [2.45, 2.75) is 144 Å². The van der Waals surface area contributed by atoms with Crippen LogP contribution < -0.4 is 20.1 Å². The lowest BCUT2D eigenvalue weighted by Gasteiger charge is -2.50. The number of amides is 1. The number of nitrogens with one attached hydrogen (secondary N) is 1. The van der Waals surface area contributed by atoms with Crippen molar-refractivity contribution in [3.05, 3.63) is 71.6 Å². The van der Waals surface area contributed by atoms with Gasteiger partial charge in [-0.05, 0) is 43.7 Å². The van der Waals surface area contributed by atoms with E-state index < -0.39 is 148 Å². The average Bonchev–Trinajstić information content (AvgIpc) is 3.37. The molecule has 24 heteroatoms. The van der Waals surface area contributed by atoms with E-state index in [0.717, 1.165) is 18.0 Å². The number of esters is 1. The number of ether oxygens (including phenoxy) is 8. The van der Waals surface area contributed by atoms with Gasteiger partial charge in [-0.25, -0.2) is 9.37 Å². The van der Waals surface area contributed by atoms with Crippen molar-refractivity contribution in [1.29, 1.82) is 0 Å². The minimum absolute atomic E-state index is 0.0190. The predicted molar refractivity (Wildman–Crippen MR) is 256 cm³/mol. The Kier molecular flexibility index (Phi) is 17.1. The van der Waals surface area contributed by atoms with Gasteiger partial charge >= 0.3 is 5.97 Å². The molecule has 5 aliphatic heterocycles. The number of hydrogen-bond donors (Lipinski definition) is 11. The maximum atomic E-state index is 14.9. The van der Waals surface area contributed by atoms with Crippen LogP contribution in [0.4, 0.5) is 5.69 Å². The molecule has 0 radical (unpaired) electrons. The first-order valence-corrected chi connectivity index (χ1v) is 24.1. The third kappa shape index (κ3) is 10.9. The first-order chi connectivity index (χ1) is 35.1. The summed E-state index contributed by atoms with van der Waals surface area (Å²) in [6.45, 7) is 2.00. The van der Waals surface area contributed by atoms with Crippen LogP contribution in [-0.4, -0.2) is 227 Å². The van der Waals surface area contributed by atoms with Gasteiger partial charge in [-0.2, -0.15) is 0 Å². The average molecular weight is 1050 g/mol. The number of aliphatic hydroxyl groups is 10. The number of anilines is 1. The molecular formula is C50H66N3O21+. The molecule has 4 fully saturated rings. The number of carbonyl (C=O) groups is 2. The van der Waals surface area contributed by atoms with Gasteiger partial charge in [0, 0.05) is 55.4 Å². The topological polar surface area (TPSA) is 342 Å². The second kappa shape index (κ2) is 22.8. The number of nitrogens with zero attached hydrogens (tertiary/aromatic N) is 2. The van der Waals surface area contributed by atoms with Gasteiger partial charge in [-0.3, -0.25) is 4.79 Å². The van der Waals surface area contributed by atoms with Gasteiger partial charge in [-0.15, -0.1) is 0 Å². The SMILES string of the molecule is CC(=O)N[C@H]1[C@H](OC(=O)c2ccccc2-c2c3ccc(=[N+](C)C)cc-3oc3cc(N(C)C)ccc23)O[C@H](CO)[C@@H](O[C@@H]2O[C@H](CO)[C@H](O)[C@H](O)[C@H]2O[C@H]2O[C@H](C)[C@H](O)[C@H](O)[C@H]2O)[C@@H]1O[C@H]1O[C@H](C)[C@H](O)[C@H](O)[C@H]1O. The number of hydrogen-bond acceptors (Lipinski definition) is 22. The molecule has 24 nitrogen and oxygen atoms in total. The molecule has 0 saturated carbocycles. The Morgan fingerprint density at radius 1 is 0.635 bits per heavy atom. The highest BCUT2D eigenvalue weighted by molar-refractivity contribution is 6.08. The molecule has 11 N–H and O–H groups in total. The smallest absolute Gasteiger partial charge is 0.341 e. The number of fused-ring (bicyclic) bond motifs is 2. The standard InChI is InChI=1S/C50H65N3O21/c1-20-35(57)38(60)41(63)48(66-20)72-44-34(51-22(3)56)47(70-32(19-55)43(44)71-50-45(40(62)37(59)31(18-54)69-50)73-49-42(64)39(61)36(58)21(2)67-49)74-46(65)26-11-9-8-10-25(26)33-27-14-12-23(52(4)5)16-29(27)68-30-17-24(53(6)7)13-15-28(30)33/h8-17,20-21,31-32,34-45,47-50,54-55,57-64H,18-19H2,1-7H3/p+1/t20-,21-,31-,32-,34-,35+,36+,37+,38+,39+,40+,41-,42-,43-,44-,45-,47+,48-,49-,50+/m1/s1. The number of benzene rings is 3. The van der Waals surface area contributed by atoms with E-state index in [1.807, 2.05) is 74.1 Å². The van der Waals surface area contributed by atoms with Crippen molar-refractivity contribution in [2.75, 3.05) is 46.3 Å². The quantitative estimate of drug-likeness (QED) is 0.0360. The van der Waals surface area contributed by atoms with Crippen molar-refractivity contribution >= 4 is 28.5 Å². The largest absolute Gasteiger partial charge is 0.456 e. The molecule has 0 unspecified atom stereocenters. The molecule has 2 aromatic rings. The van der Waals surface area contributed by atoms with Crippen LogP contribution in [-0.2, 0) is 42.7 Å². The van der Waals surface area contributed by atoms with Crippen LogP contribution in [0.1, 0.15) is 31.1 Å². The molecule has 20 atom stereocenters. The van der Waals surface area contributed by atoms with Crippen molar-refractivity contribution in [2.24, 2.45) is 0 Å². The number of carbonyl (C=O) groups excluding carboxylic acids is 2. The van der Waals surface area contributed by atoms with Crippen LogP contribution in [0.15, 0.2) is 65.1 Å². The predicted octanol–water partition coefficient (Wildman–Crippen LogP) is -3.07. The summed E-state index contributed by atoms with van der Waals surface area (Å²) < 4.78 is 56.9. The van der Waals surface area contributed by atoms with Crippen molar-refractivity contribution in [3.8, 4) is 22.5 Å². The van der Waals surface area contributed by atoms with Crippen LogP contribution in [0.5, 0.6) is 0 Å². The fourth-order valence-electron chi connectivity index (χ4n) is 9.65. The Hall–Kier alpha value is -4.81. The summed E-state index contributed by atoms with van der Waals surface area (Å²) in [7, 11) is 7.56. The zero-order chi connectivity index (χ0) is 53.6. The minimum atomic E-state index is -2.00. The van der Waals surface area contributed by atoms with Gasteiger partial charge in [-0.1, -0.05) is 18.2 Å². The van der Waals surface area contributed by atoms with Gasteiger partial charge in [0.2, 0.25) is 17.6 Å². The number of rotatable bonds is 13. The molecule has 406 valence electrons. The zero-order valence-corrected chi connectivity index (χ0v) is 41.6. The first-order valence-electron chi connectivity index (χ1n) is 24.1. The van der Waals surface area contributed by atoms with Gasteiger partial charge in [0.1, 0.15) is 111 Å². The van der Waals surface area contributed by atoms with Gasteiger partial charge in [0.05, 0.1) is 37.1 Å². The third-order valence-electron chi connectivity index (χ3n) is 13.9. The molecule has 0 aromatic heterocycles. The molecule has 74 heavy (non-hydrogen) atoms. The van der Waals surface area contributed by atoms with E-state index in [-0.39, 0.29) is 5.56 Å². The highest BCUT2D eigenvalue weighted by atomic mass is 16.8. The minimum Gasteiger partial charge on any atom is -0.456 e. The summed E-state index contributed by atoms with van der Waals surface area (Å²) in [5.41, 5.74) is 3.03. The summed E-state index contributed by atoms with van der Waals surface area (Å²) in [6, 6.07) is 16.2. The van der Waals surface area contributed by atoms with Crippen molar-refractivity contribution < 1.29 is 103 Å². The number of aliphatic hydroxyl groups excluding tert-OH is 10. The fourth-order valence-corrected chi connectivity index (χ4v) is 9.65. The van der Waals surface area contributed by atoms with Crippen LogP contribution in [0.2, 0.25) is 0 Å². The molecule has 0 spiro atoms. The van der Waals surface area contributed by atoms with E-state index >= 15 is 0 Å². The Morgan fingerprint density at radius 3 is 1.82 bits per heavy atom. The molecule has 8 rings (SSSR count). The highest BCUT2D eigenvalue weighted by Gasteiger charge is 2.57. The Labute approximate surface area is 424 Å². The monoisotopic (exact) mass is 1040 g/mol. The maximum absolute atomic E-state index is 14.9. The van der Waals surface area contributed by atoms with Gasteiger partial charge < -0.3 is 104 Å². The van der Waals surface area contributed by atoms with E-state index in [4.69, 9.17) is 42.3 Å². The third-order valence-corrected chi connectivity index (χ3v) is 13.9. The molecular weight excluding hydrogens is 979 g/mol. The molecule has 1 amide bonds. The van der Waals surface area contributed by atoms with Gasteiger partial charge in [0.15, 0.2) is 18.9 Å². The molecule has 4 saturated heterocycles. The van der Waals surface area contributed by atoms with Crippen LogP contribution >= 0.6 is 0 Å². The van der Waals surface area contributed by atoms with E-state index in [1.165, 1.54) is 19.9 Å². The Balaban J connectivity index is 1.20. The molecule has 1 aliphatic carbocycles. The lowest BCUT2D eigenvalue weighted by Crippen LogP contribution is -2.70.